The van der Waals surface area contributed by atoms with Gasteiger partial charge in [-0.05, 0) is 25.1 Å². The van der Waals surface area contributed by atoms with Crippen molar-refractivity contribution in [2.45, 2.75) is 13.2 Å². The fourth-order valence-electron chi connectivity index (χ4n) is 0.850. The summed E-state index contributed by atoms with van der Waals surface area (Å²) >= 11 is 0. The Morgan fingerprint density at radius 2 is 2.23 bits per heavy atom. The van der Waals surface area contributed by atoms with E-state index in [1.807, 2.05) is 0 Å². The summed E-state index contributed by atoms with van der Waals surface area (Å²) in [7, 11) is 0. The van der Waals surface area contributed by atoms with Crippen LogP contribution in [-0.2, 0) is 9.53 Å². The highest BCUT2D eigenvalue weighted by atomic mass is 16.7. The fourth-order valence-corrected chi connectivity index (χ4v) is 0.850. The molecule has 0 aliphatic rings. The maximum absolute atomic E-state index is 10.4. The van der Waals surface area contributed by atoms with Crippen LogP contribution in [-0.4, -0.2) is 19.2 Å². The molecule has 1 rings (SSSR count). The average molecular weight is 179 g/mol. The third-order valence-electron chi connectivity index (χ3n) is 1.38. The van der Waals surface area contributed by atoms with Crippen molar-refractivity contribution in [1.82, 2.24) is 0 Å². The first-order valence-corrected chi connectivity index (χ1v) is 4.06. The minimum Gasteiger partial charge on any atom is -0.458 e. The number of carbonyl (C=O) groups excluding carboxylic acids is 1. The van der Waals surface area contributed by atoms with E-state index in [-0.39, 0.29) is 0 Å². The second-order valence-corrected chi connectivity index (χ2v) is 2.31. The van der Waals surface area contributed by atoms with Crippen LogP contribution >= 0.6 is 0 Å². The van der Waals surface area contributed by atoms with E-state index >= 15 is 0 Å². The van der Waals surface area contributed by atoms with Crippen LogP contribution in [0.3, 0.4) is 0 Å². The smallest absolute Gasteiger partial charge is 0.256 e. The molecule has 0 bridgehead atoms. The van der Waals surface area contributed by atoms with Gasteiger partial charge in [-0.1, -0.05) is 12.1 Å². The summed E-state index contributed by atoms with van der Waals surface area (Å²) < 4.78 is 10.2. The number of rotatable bonds is 5. The van der Waals surface area contributed by atoms with Gasteiger partial charge in [0, 0.05) is 6.61 Å². The maximum atomic E-state index is 10.4. The minimum absolute atomic E-state index is 0.447. The second-order valence-electron chi connectivity index (χ2n) is 2.31. The molecule has 1 aromatic carbocycles. The molecule has 1 atom stereocenters. The van der Waals surface area contributed by atoms with Crippen molar-refractivity contribution in [3.63, 3.8) is 0 Å². The summed E-state index contributed by atoms with van der Waals surface area (Å²) in [6, 6.07) is 9.71. The Morgan fingerprint density at radius 1 is 1.54 bits per heavy atom. The van der Waals surface area contributed by atoms with Gasteiger partial charge in [-0.3, -0.25) is 4.79 Å². The van der Waals surface area contributed by atoms with Gasteiger partial charge in [-0.2, -0.15) is 0 Å². The highest BCUT2D eigenvalue weighted by Crippen LogP contribution is 2.10. The Hall–Kier alpha value is -1.35. The number of hydrogen-bond acceptors (Lipinski definition) is 3. The summed E-state index contributed by atoms with van der Waals surface area (Å²) in [6.45, 7) is 2.25. The SMILES string of the molecule is CCOC(C=O)Oc1cc[c]cc1. The average Bonchev–Trinajstić information content (AvgIpc) is 2.19. The highest BCUT2D eigenvalue weighted by molar-refractivity contribution is 5.54. The van der Waals surface area contributed by atoms with Crippen LogP contribution < -0.4 is 4.74 Å². The van der Waals surface area contributed by atoms with Gasteiger partial charge in [0.2, 0.25) is 0 Å². The van der Waals surface area contributed by atoms with Crippen LogP contribution in [0.5, 0.6) is 5.75 Å². The third-order valence-corrected chi connectivity index (χ3v) is 1.38. The van der Waals surface area contributed by atoms with Gasteiger partial charge in [-0.15, -0.1) is 0 Å². The Kier molecular flexibility index (Phi) is 3.99. The second kappa shape index (κ2) is 5.32. The summed E-state index contributed by atoms with van der Waals surface area (Å²) in [4.78, 5) is 10.4. The van der Waals surface area contributed by atoms with Gasteiger partial charge in [0.15, 0.2) is 6.29 Å². The predicted octanol–water partition coefficient (Wildman–Crippen LogP) is 1.43. The predicted molar refractivity (Wildman–Crippen MR) is 47.4 cm³/mol. The molecule has 0 saturated carbocycles. The molecule has 13 heavy (non-hydrogen) atoms. The topological polar surface area (TPSA) is 35.5 Å². The number of hydrogen-bond donors (Lipinski definition) is 0. The lowest BCUT2D eigenvalue weighted by molar-refractivity contribution is -0.136. The zero-order valence-electron chi connectivity index (χ0n) is 7.40. The molecule has 1 aromatic rings. The van der Waals surface area contributed by atoms with Gasteiger partial charge in [0.1, 0.15) is 5.75 Å². The van der Waals surface area contributed by atoms with Crippen molar-refractivity contribution in [1.29, 1.82) is 0 Å². The fraction of sp³-hybridized carbons (Fsp3) is 0.300. The van der Waals surface area contributed by atoms with Gasteiger partial charge in [-0.25, -0.2) is 0 Å². The summed E-state index contributed by atoms with van der Waals surface area (Å²) in [5.74, 6) is 0.601. The van der Waals surface area contributed by atoms with E-state index in [1.165, 1.54) is 0 Å². The monoisotopic (exact) mass is 179 g/mol. The molecule has 0 spiro atoms. The van der Waals surface area contributed by atoms with Gasteiger partial charge in [0.05, 0.1) is 0 Å². The number of carbonyl (C=O) groups is 1. The first kappa shape index (κ1) is 9.74. The van der Waals surface area contributed by atoms with E-state index in [0.29, 0.717) is 18.6 Å². The van der Waals surface area contributed by atoms with Crippen molar-refractivity contribution in [2.75, 3.05) is 6.61 Å². The van der Waals surface area contributed by atoms with E-state index in [2.05, 4.69) is 6.07 Å². The largest absolute Gasteiger partial charge is 0.458 e. The molecule has 0 aromatic heterocycles. The van der Waals surface area contributed by atoms with Gasteiger partial charge in [0.25, 0.3) is 6.29 Å². The molecule has 0 saturated heterocycles. The Balaban J connectivity index is 2.51. The lowest BCUT2D eigenvalue weighted by Crippen LogP contribution is -2.21. The molecular weight excluding hydrogens is 168 g/mol. The van der Waals surface area contributed by atoms with Crippen LogP contribution in [0.4, 0.5) is 0 Å². The van der Waals surface area contributed by atoms with E-state index in [0.717, 1.165) is 0 Å². The summed E-state index contributed by atoms with van der Waals surface area (Å²) in [5.41, 5.74) is 0. The van der Waals surface area contributed by atoms with Crippen molar-refractivity contribution in [3.8, 4) is 5.75 Å². The molecule has 0 amide bonds. The van der Waals surface area contributed by atoms with Gasteiger partial charge < -0.3 is 9.47 Å². The van der Waals surface area contributed by atoms with Crippen LogP contribution in [0.1, 0.15) is 6.92 Å². The maximum Gasteiger partial charge on any atom is 0.256 e. The normalized spacial score (nSPS) is 12.1. The standard InChI is InChI=1S/C10H11O3/c1-2-12-10(8-11)13-9-6-4-3-5-7-9/h4-8,10H,2H2,1H3. The molecule has 3 nitrogen and oxygen atoms in total. The molecule has 0 heterocycles. The molecule has 0 aliphatic carbocycles. The molecule has 3 heteroatoms. The van der Waals surface area contributed by atoms with Gasteiger partial charge >= 0.3 is 0 Å². The van der Waals surface area contributed by atoms with Crippen molar-refractivity contribution in [2.24, 2.45) is 0 Å². The Morgan fingerprint density at radius 3 is 2.77 bits per heavy atom. The van der Waals surface area contributed by atoms with Crippen LogP contribution in [0.25, 0.3) is 0 Å². The van der Waals surface area contributed by atoms with E-state index < -0.39 is 6.29 Å². The highest BCUT2D eigenvalue weighted by Gasteiger charge is 2.06. The summed E-state index contributed by atoms with van der Waals surface area (Å²) in [5, 5.41) is 0. The van der Waals surface area contributed by atoms with Crippen molar-refractivity contribution in [3.05, 3.63) is 30.3 Å². The van der Waals surface area contributed by atoms with E-state index in [9.17, 15) is 4.79 Å². The first-order chi connectivity index (χ1) is 6.36. The lowest BCUT2D eigenvalue weighted by Gasteiger charge is -2.12. The lowest BCUT2D eigenvalue weighted by atomic mass is 10.3. The van der Waals surface area contributed by atoms with Crippen molar-refractivity contribution >= 4 is 6.29 Å². The van der Waals surface area contributed by atoms with Crippen LogP contribution in [0.2, 0.25) is 0 Å². The molecule has 69 valence electrons. The number of aldehydes is 1. The molecule has 0 aliphatic heterocycles. The van der Waals surface area contributed by atoms with E-state index in [1.54, 1.807) is 31.2 Å². The van der Waals surface area contributed by atoms with Crippen molar-refractivity contribution < 1.29 is 14.3 Å². The Labute approximate surface area is 77.3 Å². The van der Waals surface area contributed by atoms with Crippen LogP contribution in [0.15, 0.2) is 24.3 Å². The van der Waals surface area contributed by atoms with E-state index in [4.69, 9.17) is 9.47 Å². The number of ether oxygens (including phenoxy) is 2. The molecule has 1 unspecified atom stereocenters. The zero-order valence-corrected chi connectivity index (χ0v) is 7.40. The molecule has 0 fully saturated rings. The first-order valence-electron chi connectivity index (χ1n) is 4.06. The minimum atomic E-state index is -0.813. The summed E-state index contributed by atoms with van der Waals surface area (Å²) in [6.07, 6.45) is -0.187. The zero-order chi connectivity index (χ0) is 9.52. The Bertz CT molecular complexity index is 246. The molecule has 0 N–H and O–H groups in total. The number of benzene rings is 1. The molecular formula is C10H11O3. The quantitative estimate of drug-likeness (QED) is 0.506. The van der Waals surface area contributed by atoms with Crippen LogP contribution in [0, 0.1) is 6.07 Å². The third kappa shape index (κ3) is 3.25. The molecule has 1 radical (unpaired) electrons.